The first kappa shape index (κ1) is 15.7. The van der Waals surface area contributed by atoms with Crippen molar-refractivity contribution in [2.75, 3.05) is 0 Å². The standard InChI is InChI=1S/Al.H3O4P.H4Si.3H/c;1-5(2,3)4;;;;/h;(H3,1,2,3,4);1H4;;;. The van der Waals surface area contributed by atoms with E-state index in [1.54, 1.807) is 0 Å². The lowest BCUT2D eigenvalue weighted by molar-refractivity contribution is 0.275. The van der Waals surface area contributed by atoms with Crippen molar-refractivity contribution in [3.63, 3.8) is 0 Å². The van der Waals surface area contributed by atoms with Gasteiger partial charge in [0.15, 0.2) is 17.4 Å². The van der Waals surface area contributed by atoms with Gasteiger partial charge in [-0.05, 0) is 11.0 Å². The van der Waals surface area contributed by atoms with Crippen LogP contribution in [-0.4, -0.2) is 43.0 Å². The van der Waals surface area contributed by atoms with Crippen molar-refractivity contribution in [1.82, 2.24) is 0 Å². The molecule has 0 aromatic heterocycles. The van der Waals surface area contributed by atoms with E-state index in [4.69, 9.17) is 19.2 Å². The Labute approximate surface area is 56.0 Å². The molecule has 0 atom stereocenters. The second kappa shape index (κ2) is 5.01. The van der Waals surface area contributed by atoms with Crippen molar-refractivity contribution in [2.24, 2.45) is 0 Å². The van der Waals surface area contributed by atoms with Gasteiger partial charge >= 0.3 is 7.82 Å². The van der Waals surface area contributed by atoms with E-state index in [0.29, 0.717) is 0 Å². The maximum absolute atomic E-state index is 8.88. The molecule has 0 unspecified atom stereocenters. The molecular formula is H10AlO4PSi. The van der Waals surface area contributed by atoms with Crippen LogP contribution in [-0.2, 0) is 4.57 Å². The van der Waals surface area contributed by atoms with Crippen LogP contribution < -0.4 is 0 Å². The molecule has 0 spiro atoms. The van der Waals surface area contributed by atoms with Crippen molar-refractivity contribution in [3.05, 3.63) is 0 Å². The highest BCUT2D eigenvalue weighted by Gasteiger charge is 2.00. The minimum Gasteiger partial charge on any atom is -0.303 e. The molecule has 0 heterocycles. The van der Waals surface area contributed by atoms with Crippen LogP contribution in [0.15, 0.2) is 0 Å². The van der Waals surface area contributed by atoms with Gasteiger partial charge < -0.3 is 14.7 Å². The molecule has 0 saturated carbocycles. The summed E-state index contributed by atoms with van der Waals surface area (Å²) in [5.41, 5.74) is 0. The van der Waals surface area contributed by atoms with Gasteiger partial charge in [0.25, 0.3) is 0 Å². The van der Waals surface area contributed by atoms with Gasteiger partial charge in [-0.1, -0.05) is 0 Å². The molecule has 0 aliphatic carbocycles. The van der Waals surface area contributed by atoms with Crippen molar-refractivity contribution in [3.8, 4) is 0 Å². The smallest absolute Gasteiger partial charge is 0.303 e. The van der Waals surface area contributed by atoms with Crippen LogP contribution in [0.1, 0.15) is 0 Å². The van der Waals surface area contributed by atoms with Crippen LogP contribution in [0.5, 0.6) is 0 Å². The molecule has 3 N–H and O–H groups in total. The average molecular weight is 160 g/mol. The summed E-state index contributed by atoms with van der Waals surface area (Å²) in [6, 6.07) is 0. The summed E-state index contributed by atoms with van der Waals surface area (Å²) >= 11 is 0. The van der Waals surface area contributed by atoms with E-state index >= 15 is 0 Å². The Hall–Kier alpha value is 0.859. The van der Waals surface area contributed by atoms with Gasteiger partial charge in [-0.2, -0.15) is 0 Å². The average Bonchev–Trinajstić information content (AvgIpc) is 0.722. The molecular weight excluding hydrogens is 150 g/mol. The zero-order valence-electron chi connectivity index (χ0n) is 2.20. The Morgan fingerprint density at radius 2 is 1.14 bits per heavy atom. The van der Waals surface area contributed by atoms with Crippen molar-refractivity contribution in [2.45, 2.75) is 0 Å². The fourth-order valence-corrected chi connectivity index (χ4v) is 0. The Morgan fingerprint density at radius 3 is 1.14 bits per heavy atom. The molecule has 0 fully saturated rings. The molecule has 46 valence electrons. The van der Waals surface area contributed by atoms with Crippen LogP contribution >= 0.6 is 7.82 Å². The third kappa shape index (κ3) is 219. The normalized spacial score (nSPS) is 8.43. The third-order valence-electron chi connectivity index (χ3n) is 0. The van der Waals surface area contributed by atoms with Crippen LogP contribution in [0.25, 0.3) is 0 Å². The van der Waals surface area contributed by atoms with Crippen molar-refractivity contribution in [1.29, 1.82) is 0 Å². The van der Waals surface area contributed by atoms with Gasteiger partial charge in [-0.25, -0.2) is 4.57 Å². The summed E-state index contributed by atoms with van der Waals surface area (Å²) in [4.78, 5) is 21.6. The van der Waals surface area contributed by atoms with E-state index < -0.39 is 7.82 Å². The summed E-state index contributed by atoms with van der Waals surface area (Å²) in [5, 5.41) is 0. The van der Waals surface area contributed by atoms with Gasteiger partial charge in [0.05, 0.1) is 0 Å². The minimum atomic E-state index is -4.64. The third-order valence-corrected chi connectivity index (χ3v) is 0. The SMILES string of the molecule is O=P(O)(O)O.[AlH3].[SiH4]. The number of hydrogen-bond acceptors (Lipinski definition) is 1. The zero-order chi connectivity index (χ0) is 4.50. The Bertz CT molecular complexity index is 57.8. The first-order chi connectivity index (χ1) is 2.00. The van der Waals surface area contributed by atoms with Crippen molar-refractivity contribution >= 4 is 36.1 Å². The maximum atomic E-state index is 8.88. The lowest BCUT2D eigenvalue weighted by Gasteiger charge is -1.82. The first-order valence-electron chi connectivity index (χ1n) is 0.783. The molecule has 0 saturated heterocycles. The number of rotatable bonds is 0. The quantitative estimate of drug-likeness (QED) is 0.253. The fourth-order valence-electron chi connectivity index (χ4n) is 0. The second-order valence-corrected chi connectivity index (χ2v) is 1.54. The van der Waals surface area contributed by atoms with Crippen LogP contribution in [0.3, 0.4) is 0 Å². The van der Waals surface area contributed by atoms with Gasteiger partial charge in [-0.15, -0.1) is 0 Å². The van der Waals surface area contributed by atoms with Crippen LogP contribution in [0, 0.1) is 0 Å². The highest BCUT2D eigenvalue weighted by molar-refractivity contribution is 7.45. The van der Waals surface area contributed by atoms with E-state index in [0.717, 1.165) is 0 Å². The predicted octanol–water partition coefficient (Wildman–Crippen LogP) is -3.56. The van der Waals surface area contributed by atoms with E-state index in [2.05, 4.69) is 0 Å². The second-order valence-electron chi connectivity index (χ2n) is 0.513. The molecule has 4 nitrogen and oxygen atoms in total. The summed E-state index contributed by atoms with van der Waals surface area (Å²) in [5.74, 6) is 0. The minimum absolute atomic E-state index is 0. The molecule has 0 aromatic rings. The van der Waals surface area contributed by atoms with E-state index in [-0.39, 0.29) is 28.3 Å². The van der Waals surface area contributed by atoms with Crippen LogP contribution in [0.4, 0.5) is 0 Å². The molecule has 0 rings (SSSR count). The fraction of sp³-hybridized carbons (Fsp3) is 0. The van der Waals surface area contributed by atoms with Crippen molar-refractivity contribution < 1.29 is 19.2 Å². The molecule has 0 amide bonds. The Balaban J connectivity index is -0.0000000800. The summed E-state index contributed by atoms with van der Waals surface area (Å²) < 4.78 is 8.88. The predicted molar refractivity (Wildman–Crippen MR) is 35.5 cm³/mol. The monoisotopic (exact) mass is 160 g/mol. The molecule has 0 radical (unpaired) electrons. The van der Waals surface area contributed by atoms with Gasteiger partial charge in [-0.3, -0.25) is 0 Å². The summed E-state index contributed by atoms with van der Waals surface area (Å²) in [6.07, 6.45) is 0. The first-order valence-corrected chi connectivity index (χ1v) is 2.35. The Morgan fingerprint density at radius 1 is 1.14 bits per heavy atom. The van der Waals surface area contributed by atoms with Gasteiger partial charge in [0.2, 0.25) is 0 Å². The Kier molecular flexibility index (Phi) is 11.2. The lowest BCUT2D eigenvalue weighted by atomic mass is 15.8. The van der Waals surface area contributed by atoms with E-state index in [1.165, 1.54) is 0 Å². The molecule has 0 bridgehead atoms. The molecule has 7 heteroatoms. The topological polar surface area (TPSA) is 77.8 Å². The maximum Gasteiger partial charge on any atom is 0.466 e. The highest BCUT2D eigenvalue weighted by atomic mass is 31.2. The highest BCUT2D eigenvalue weighted by Crippen LogP contribution is 2.25. The van der Waals surface area contributed by atoms with Gasteiger partial charge in [0, 0.05) is 0 Å². The molecule has 0 aromatic carbocycles. The largest absolute Gasteiger partial charge is 0.466 e. The van der Waals surface area contributed by atoms with E-state index in [1.807, 2.05) is 0 Å². The number of phosphoric acid groups is 1. The molecule has 7 heavy (non-hydrogen) atoms. The van der Waals surface area contributed by atoms with E-state index in [9.17, 15) is 0 Å². The molecule has 0 aliphatic rings. The summed E-state index contributed by atoms with van der Waals surface area (Å²) in [6.45, 7) is 0. The lowest BCUT2D eigenvalue weighted by Crippen LogP contribution is -1.66. The zero-order valence-corrected chi connectivity index (χ0v) is 3.09. The summed E-state index contributed by atoms with van der Waals surface area (Å²) in [7, 11) is -4.64. The molecule has 0 aliphatic heterocycles. The van der Waals surface area contributed by atoms with Crippen LogP contribution in [0.2, 0.25) is 0 Å². The van der Waals surface area contributed by atoms with Gasteiger partial charge in [0.1, 0.15) is 0 Å². The number of hydrogen-bond donors (Lipinski definition) is 3.